The van der Waals surface area contributed by atoms with Crippen LogP contribution < -0.4 is 4.74 Å². The molecule has 2 heterocycles. The fourth-order valence-electron chi connectivity index (χ4n) is 1.96. The molecule has 4 heteroatoms. The van der Waals surface area contributed by atoms with Crippen molar-refractivity contribution in [3.63, 3.8) is 0 Å². The molecule has 0 bridgehead atoms. The first-order chi connectivity index (χ1) is 10.2. The molecule has 21 heavy (non-hydrogen) atoms. The van der Waals surface area contributed by atoms with Gasteiger partial charge < -0.3 is 4.74 Å². The van der Waals surface area contributed by atoms with Crippen LogP contribution in [0.3, 0.4) is 0 Å². The molecule has 0 fully saturated rings. The van der Waals surface area contributed by atoms with Crippen LogP contribution >= 0.6 is 11.3 Å². The first-order valence-electron chi connectivity index (χ1n) is 6.87. The molecule has 106 valence electrons. The minimum Gasteiger partial charge on any atom is -0.473 e. The van der Waals surface area contributed by atoms with Crippen LogP contribution in [-0.2, 0) is 0 Å². The average Bonchev–Trinajstić information content (AvgIpc) is 2.97. The van der Waals surface area contributed by atoms with Gasteiger partial charge in [-0.1, -0.05) is 18.2 Å². The Morgan fingerprint density at radius 2 is 1.76 bits per heavy atom. The first kappa shape index (κ1) is 13.8. The smallest absolute Gasteiger partial charge is 0.240 e. The molecule has 0 N–H and O–H groups in total. The lowest BCUT2D eigenvalue weighted by molar-refractivity contribution is 0.232. The zero-order chi connectivity index (χ0) is 14.7. The molecule has 0 amide bonds. The summed E-state index contributed by atoms with van der Waals surface area (Å²) in [6.45, 7) is 3.98. The van der Waals surface area contributed by atoms with Gasteiger partial charge in [-0.25, -0.2) is 9.97 Å². The van der Waals surface area contributed by atoms with Crippen LogP contribution in [0.5, 0.6) is 5.88 Å². The van der Waals surface area contributed by atoms with Gasteiger partial charge in [0.2, 0.25) is 5.88 Å². The fourth-order valence-corrected chi connectivity index (χ4v) is 2.58. The Bertz CT molecular complexity index is 764. The van der Waals surface area contributed by atoms with Crippen molar-refractivity contribution in [2.45, 2.75) is 20.0 Å². The number of para-hydroxylation sites is 2. The third kappa shape index (κ3) is 3.28. The normalized spacial score (nSPS) is 11.6. The topological polar surface area (TPSA) is 35.0 Å². The van der Waals surface area contributed by atoms with E-state index < -0.39 is 0 Å². The zero-order valence-corrected chi connectivity index (χ0v) is 12.8. The van der Waals surface area contributed by atoms with E-state index in [9.17, 15) is 0 Å². The van der Waals surface area contributed by atoms with E-state index in [2.05, 4.69) is 21.4 Å². The summed E-state index contributed by atoms with van der Waals surface area (Å²) in [6, 6.07) is 11.9. The Balaban J connectivity index is 2.05. The Morgan fingerprint density at radius 1 is 1.00 bits per heavy atom. The van der Waals surface area contributed by atoms with Crippen LogP contribution in [0.4, 0.5) is 0 Å². The number of benzene rings is 1. The summed E-state index contributed by atoms with van der Waals surface area (Å²) in [5.41, 5.74) is 2.48. The van der Waals surface area contributed by atoms with Gasteiger partial charge in [0.1, 0.15) is 5.69 Å². The molecule has 0 atom stereocenters. The van der Waals surface area contributed by atoms with Crippen molar-refractivity contribution in [2.75, 3.05) is 0 Å². The van der Waals surface area contributed by atoms with Crippen LogP contribution in [-0.4, -0.2) is 16.1 Å². The number of aromatic nitrogens is 2. The molecular formula is C17H16N2OS. The molecule has 0 saturated heterocycles. The maximum Gasteiger partial charge on any atom is 0.240 e. The Labute approximate surface area is 127 Å². The number of ether oxygens (including phenoxy) is 1. The van der Waals surface area contributed by atoms with Crippen LogP contribution in [0.1, 0.15) is 24.4 Å². The molecule has 3 nitrogen and oxygen atoms in total. The molecular weight excluding hydrogens is 280 g/mol. The Hall–Kier alpha value is -2.20. The molecule has 0 saturated carbocycles. The molecule has 0 spiro atoms. The lowest BCUT2D eigenvalue weighted by Gasteiger charge is -2.11. The van der Waals surface area contributed by atoms with Crippen molar-refractivity contribution in [1.29, 1.82) is 0 Å². The number of hydrogen-bond donors (Lipinski definition) is 0. The van der Waals surface area contributed by atoms with E-state index in [0.717, 1.165) is 16.7 Å². The number of thiophene rings is 1. The van der Waals surface area contributed by atoms with E-state index in [1.54, 1.807) is 11.3 Å². The fraction of sp³-hybridized carbons (Fsp3) is 0.176. The highest BCUT2D eigenvalue weighted by molar-refractivity contribution is 7.10. The maximum absolute atomic E-state index is 5.80. The monoisotopic (exact) mass is 296 g/mol. The maximum atomic E-state index is 5.80. The summed E-state index contributed by atoms with van der Waals surface area (Å²) in [7, 11) is 0. The highest BCUT2D eigenvalue weighted by Gasteiger charge is 2.09. The summed E-state index contributed by atoms with van der Waals surface area (Å²) < 4.78 is 5.80. The van der Waals surface area contributed by atoms with Crippen molar-refractivity contribution in [1.82, 2.24) is 9.97 Å². The summed E-state index contributed by atoms with van der Waals surface area (Å²) in [4.78, 5) is 10.4. The second kappa shape index (κ2) is 6.06. The van der Waals surface area contributed by atoms with Gasteiger partial charge in [-0.15, -0.1) is 11.3 Å². The molecule has 0 radical (unpaired) electrons. The summed E-state index contributed by atoms with van der Waals surface area (Å²) in [5, 5.41) is 2.05. The predicted molar refractivity (Wildman–Crippen MR) is 88.5 cm³/mol. The van der Waals surface area contributed by atoms with E-state index in [-0.39, 0.29) is 6.10 Å². The predicted octanol–water partition coefficient (Wildman–Crippen LogP) is 4.65. The third-order valence-corrected chi connectivity index (χ3v) is 3.70. The van der Waals surface area contributed by atoms with Crippen LogP contribution in [0, 0.1) is 0 Å². The Kier molecular flexibility index (Phi) is 3.97. The number of fused-ring (bicyclic) bond motifs is 1. The van der Waals surface area contributed by atoms with Crippen molar-refractivity contribution in [3.8, 4) is 5.88 Å². The van der Waals surface area contributed by atoms with Gasteiger partial charge in [0.25, 0.3) is 0 Å². The summed E-state index contributed by atoms with van der Waals surface area (Å²) in [5.74, 6) is 0.580. The largest absolute Gasteiger partial charge is 0.473 e. The van der Waals surface area contributed by atoms with Crippen LogP contribution in [0.15, 0.2) is 41.8 Å². The third-order valence-electron chi connectivity index (χ3n) is 2.86. The lowest BCUT2D eigenvalue weighted by Crippen LogP contribution is -2.09. The minimum atomic E-state index is 0.0642. The van der Waals surface area contributed by atoms with E-state index in [1.807, 2.05) is 56.3 Å². The van der Waals surface area contributed by atoms with E-state index in [0.29, 0.717) is 5.88 Å². The first-order valence-corrected chi connectivity index (χ1v) is 7.75. The molecule has 3 aromatic rings. The van der Waals surface area contributed by atoms with Gasteiger partial charge in [0, 0.05) is 4.88 Å². The molecule has 0 unspecified atom stereocenters. The van der Waals surface area contributed by atoms with Crippen LogP contribution in [0.2, 0.25) is 0 Å². The average molecular weight is 296 g/mol. The number of hydrogen-bond acceptors (Lipinski definition) is 4. The highest BCUT2D eigenvalue weighted by atomic mass is 32.1. The van der Waals surface area contributed by atoms with Gasteiger partial charge in [-0.3, -0.25) is 0 Å². The van der Waals surface area contributed by atoms with Gasteiger partial charge in [0.15, 0.2) is 0 Å². The minimum absolute atomic E-state index is 0.0642. The number of rotatable bonds is 4. The molecule has 3 rings (SSSR count). The van der Waals surface area contributed by atoms with Gasteiger partial charge in [0.05, 0.1) is 17.1 Å². The SMILES string of the molecule is CC(C)Oc1nc2ccccc2nc1C=Cc1cccs1. The van der Waals surface area contributed by atoms with Crippen molar-refractivity contribution >= 4 is 34.5 Å². The van der Waals surface area contributed by atoms with Crippen molar-refractivity contribution in [2.24, 2.45) is 0 Å². The molecule has 0 aliphatic rings. The highest BCUT2D eigenvalue weighted by Crippen LogP contribution is 2.22. The standard InChI is InChI=1S/C17H16N2OS/c1-12(2)20-17-16(10-9-13-6-5-11-21-13)18-14-7-3-4-8-15(14)19-17/h3-12H,1-2H3. The van der Waals surface area contributed by atoms with E-state index in [1.165, 1.54) is 4.88 Å². The summed E-state index contributed by atoms with van der Waals surface area (Å²) >= 11 is 1.69. The van der Waals surface area contributed by atoms with Crippen molar-refractivity contribution < 1.29 is 4.74 Å². The Morgan fingerprint density at radius 3 is 2.43 bits per heavy atom. The molecule has 0 aliphatic heterocycles. The van der Waals surface area contributed by atoms with Crippen molar-refractivity contribution in [3.05, 3.63) is 52.3 Å². The van der Waals surface area contributed by atoms with E-state index in [4.69, 9.17) is 4.74 Å². The van der Waals surface area contributed by atoms with Gasteiger partial charge in [-0.05, 0) is 49.6 Å². The van der Waals surface area contributed by atoms with Gasteiger partial charge in [-0.2, -0.15) is 0 Å². The second-order valence-corrected chi connectivity index (χ2v) is 5.90. The lowest BCUT2D eigenvalue weighted by atomic mass is 10.2. The quantitative estimate of drug-likeness (QED) is 0.703. The van der Waals surface area contributed by atoms with E-state index >= 15 is 0 Å². The number of nitrogens with zero attached hydrogens (tertiary/aromatic N) is 2. The summed E-state index contributed by atoms with van der Waals surface area (Å²) in [6.07, 6.45) is 4.06. The van der Waals surface area contributed by atoms with Crippen LogP contribution in [0.25, 0.3) is 23.2 Å². The van der Waals surface area contributed by atoms with Gasteiger partial charge >= 0.3 is 0 Å². The second-order valence-electron chi connectivity index (χ2n) is 4.92. The zero-order valence-electron chi connectivity index (χ0n) is 12.0. The molecule has 1 aromatic carbocycles. The molecule has 2 aromatic heterocycles. The molecule has 0 aliphatic carbocycles.